The molecular weight excluding hydrogens is 445 g/mol. The summed E-state index contributed by atoms with van der Waals surface area (Å²) in [5.74, 6) is 0.631. The van der Waals surface area contributed by atoms with Crippen molar-refractivity contribution in [1.29, 1.82) is 0 Å². The number of anilines is 1. The molecule has 154 valence electrons. The zero-order chi connectivity index (χ0) is 20.8. The quantitative estimate of drug-likeness (QED) is 0.514. The van der Waals surface area contributed by atoms with Crippen LogP contribution in [0.1, 0.15) is 43.7 Å². The highest BCUT2D eigenvalue weighted by molar-refractivity contribution is 9.10. The number of aromatic nitrogens is 4. The van der Waals surface area contributed by atoms with Crippen LogP contribution in [0.3, 0.4) is 0 Å². The normalized spacial score (nSPS) is 12.1. The van der Waals surface area contributed by atoms with E-state index in [0.29, 0.717) is 40.6 Å². The first-order valence-corrected chi connectivity index (χ1v) is 9.95. The molecule has 0 bridgehead atoms. The van der Waals surface area contributed by atoms with Gasteiger partial charge in [0.2, 0.25) is 11.8 Å². The predicted molar refractivity (Wildman–Crippen MR) is 107 cm³/mol. The van der Waals surface area contributed by atoms with E-state index in [4.69, 9.17) is 9.26 Å². The average Bonchev–Trinajstić information content (AvgIpc) is 3.29. The van der Waals surface area contributed by atoms with E-state index < -0.39 is 0 Å². The number of benzene rings is 1. The zero-order valence-corrected chi connectivity index (χ0v) is 17.6. The van der Waals surface area contributed by atoms with E-state index in [-0.39, 0.29) is 30.8 Å². The third kappa shape index (κ3) is 5.70. The molecular formula is C19H21BrFN5O3. The van der Waals surface area contributed by atoms with Gasteiger partial charge in [0, 0.05) is 31.2 Å². The molecule has 1 amide bonds. The Balaban J connectivity index is 1.54. The van der Waals surface area contributed by atoms with Crippen LogP contribution in [-0.4, -0.2) is 32.4 Å². The number of ether oxygens (including phenoxy) is 1. The Bertz CT molecular complexity index is 974. The average molecular weight is 466 g/mol. The van der Waals surface area contributed by atoms with Gasteiger partial charge in [0.25, 0.3) is 0 Å². The lowest BCUT2D eigenvalue weighted by atomic mass is 10.2. The summed E-state index contributed by atoms with van der Waals surface area (Å²) in [6.07, 6.45) is 1.87. The smallest absolute Gasteiger partial charge is 0.227 e. The maximum absolute atomic E-state index is 13.8. The Kier molecular flexibility index (Phi) is 7.10. The molecule has 0 aliphatic heterocycles. The van der Waals surface area contributed by atoms with E-state index >= 15 is 0 Å². The van der Waals surface area contributed by atoms with Crippen LogP contribution in [0, 0.1) is 5.82 Å². The Morgan fingerprint density at radius 3 is 2.97 bits per heavy atom. The minimum atomic E-state index is -0.303. The van der Waals surface area contributed by atoms with E-state index in [0.717, 1.165) is 0 Å². The second-order valence-electron chi connectivity index (χ2n) is 6.31. The standard InChI is InChI=1S/C19H21BrFN5O3/c1-3-28-12(2)18-23-17(29-25-18)9-8-16(27)22-19-14(20)11-26(24-19)10-13-6-4-5-7-15(13)21/h4-7,11-12H,3,8-10H2,1-2H3,(H,22,24,27). The van der Waals surface area contributed by atoms with Crippen LogP contribution in [0.2, 0.25) is 0 Å². The minimum absolute atomic E-state index is 0.150. The SMILES string of the molecule is CCOC(C)c1noc(CCC(=O)Nc2nn(Cc3ccccc3F)cc2Br)n1. The summed E-state index contributed by atoms with van der Waals surface area (Å²) >= 11 is 3.36. The van der Waals surface area contributed by atoms with Gasteiger partial charge in [-0.05, 0) is 35.8 Å². The molecule has 1 unspecified atom stereocenters. The van der Waals surface area contributed by atoms with Crippen LogP contribution >= 0.6 is 15.9 Å². The first kappa shape index (κ1) is 21.1. The molecule has 0 saturated heterocycles. The first-order chi connectivity index (χ1) is 14.0. The van der Waals surface area contributed by atoms with Crippen LogP contribution in [0.15, 0.2) is 39.5 Å². The Labute approximate surface area is 175 Å². The summed E-state index contributed by atoms with van der Waals surface area (Å²) in [6.45, 7) is 4.52. The third-order valence-corrected chi connectivity index (χ3v) is 4.68. The zero-order valence-electron chi connectivity index (χ0n) is 16.1. The van der Waals surface area contributed by atoms with Gasteiger partial charge in [-0.3, -0.25) is 9.48 Å². The van der Waals surface area contributed by atoms with Gasteiger partial charge in [0.1, 0.15) is 11.9 Å². The van der Waals surface area contributed by atoms with Gasteiger partial charge in [-0.15, -0.1) is 0 Å². The van der Waals surface area contributed by atoms with Crippen LogP contribution < -0.4 is 5.32 Å². The largest absolute Gasteiger partial charge is 0.371 e. The van der Waals surface area contributed by atoms with E-state index in [1.807, 2.05) is 13.8 Å². The maximum atomic E-state index is 13.8. The van der Waals surface area contributed by atoms with Gasteiger partial charge in [0.05, 0.1) is 11.0 Å². The lowest BCUT2D eigenvalue weighted by Crippen LogP contribution is -2.14. The maximum Gasteiger partial charge on any atom is 0.227 e. The Morgan fingerprint density at radius 2 is 2.21 bits per heavy atom. The summed E-state index contributed by atoms with van der Waals surface area (Å²) in [5, 5.41) is 10.9. The van der Waals surface area contributed by atoms with Gasteiger partial charge in [0.15, 0.2) is 11.6 Å². The fourth-order valence-electron chi connectivity index (χ4n) is 2.64. The number of rotatable bonds is 9. The van der Waals surface area contributed by atoms with Gasteiger partial charge in [-0.25, -0.2) is 4.39 Å². The molecule has 1 aromatic carbocycles. The number of hydrogen-bond acceptors (Lipinski definition) is 6. The molecule has 8 nitrogen and oxygen atoms in total. The van der Waals surface area contributed by atoms with Crippen molar-refractivity contribution in [3.8, 4) is 0 Å². The molecule has 1 atom stereocenters. The minimum Gasteiger partial charge on any atom is -0.371 e. The topological polar surface area (TPSA) is 95.1 Å². The lowest BCUT2D eigenvalue weighted by Gasteiger charge is -2.04. The van der Waals surface area contributed by atoms with Crippen molar-refractivity contribution in [2.75, 3.05) is 11.9 Å². The summed E-state index contributed by atoms with van der Waals surface area (Å²) in [6, 6.07) is 6.48. The monoisotopic (exact) mass is 465 g/mol. The molecule has 2 aromatic heterocycles. The van der Waals surface area contributed by atoms with E-state index in [9.17, 15) is 9.18 Å². The Hall–Kier alpha value is -2.59. The first-order valence-electron chi connectivity index (χ1n) is 9.16. The predicted octanol–water partition coefficient (Wildman–Crippen LogP) is 3.88. The second kappa shape index (κ2) is 9.75. The van der Waals surface area contributed by atoms with E-state index in [1.54, 1.807) is 29.1 Å². The summed E-state index contributed by atoms with van der Waals surface area (Å²) in [5.41, 5.74) is 0.508. The number of halogens is 2. The van der Waals surface area contributed by atoms with Crippen LogP contribution in [0.5, 0.6) is 0 Å². The van der Waals surface area contributed by atoms with Gasteiger partial charge >= 0.3 is 0 Å². The molecule has 2 heterocycles. The summed E-state index contributed by atoms with van der Waals surface area (Å²) in [4.78, 5) is 16.5. The fourth-order valence-corrected chi connectivity index (χ4v) is 3.05. The van der Waals surface area contributed by atoms with Crippen molar-refractivity contribution < 1.29 is 18.4 Å². The van der Waals surface area contributed by atoms with Crippen molar-refractivity contribution in [2.45, 2.75) is 39.3 Å². The molecule has 0 spiro atoms. The van der Waals surface area contributed by atoms with Crippen molar-refractivity contribution in [3.63, 3.8) is 0 Å². The third-order valence-electron chi connectivity index (χ3n) is 4.10. The molecule has 10 heteroatoms. The number of hydrogen-bond donors (Lipinski definition) is 1. The van der Waals surface area contributed by atoms with E-state index in [2.05, 4.69) is 36.5 Å². The number of nitrogens with one attached hydrogen (secondary N) is 1. The lowest BCUT2D eigenvalue weighted by molar-refractivity contribution is -0.116. The Morgan fingerprint density at radius 1 is 1.41 bits per heavy atom. The molecule has 0 aliphatic carbocycles. The highest BCUT2D eigenvalue weighted by Crippen LogP contribution is 2.21. The van der Waals surface area contributed by atoms with Crippen LogP contribution in [-0.2, 0) is 22.5 Å². The molecule has 0 radical (unpaired) electrons. The van der Waals surface area contributed by atoms with E-state index in [1.165, 1.54) is 6.07 Å². The molecule has 1 N–H and O–H groups in total. The molecule has 3 aromatic rings. The number of carbonyl (C=O) groups is 1. The molecule has 0 aliphatic rings. The highest BCUT2D eigenvalue weighted by atomic mass is 79.9. The second-order valence-corrected chi connectivity index (χ2v) is 7.16. The van der Waals surface area contributed by atoms with Gasteiger partial charge in [-0.2, -0.15) is 10.1 Å². The number of nitrogens with zero attached hydrogens (tertiary/aromatic N) is 4. The number of carbonyl (C=O) groups excluding carboxylic acids is 1. The molecule has 3 rings (SSSR count). The molecule has 0 fully saturated rings. The van der Waals surface area contributed by atoms with Crippen molar-refractivity contribution in [2.24, 2.45) is 0 Å². The highest BCUT2D eigenvalue weighted by Gasteiger charge is 2.16. The van der Waals surface area contributed by atoms with Crippen LogP contribution in [0.25, 0.3) is 0 Å². The van der Waals surface area contributed by atoms with Crippen molar-refractivity contribution in [3.05, 3.63) is 58.0 Å². The number of amides is 1. The van der Waals surface area contributed by atoms with Crippen LogP contribution in [0.4, 0.5) is 10.2 Å². The van der Waals surface area contributed by atoms with Gasteiger partial charge in [-0.1, -0.05) is 23.4 Å². The van der Waals surface area contributed by atoms with Gasteiger partial charge < -0.3 is 14.6 Å². The summed E-state index contributed by atoms with van der Waals surface area (Å²) in [7, 11) is 0. The number of aryl methyl sites for hydroxylation is 1. The van der Waals surface area contributed by atoms with Crippen molar-refractivity contribution >= 4 is 27.7 Å². The molecule has 29 heavy (non-hydrogen) atoms. The summed E-state index contributed by atoms with van der Waals surface area (Å²) < 4.78 is 26.5. The molecule has 0 saturated carbocycles. The fraction of sp³-hybridized carbons (Fsp3) is 0.368. The van der Waals surface area contributed by atoms with Crippen molar-refractivity contribution in [1.82, 2.24) is 19.9 Å².